The third kappa shape index (κ3) is 3.92. The lowest BCUT2D eigenvalue weighted by atomic mass is 10.1. The second-order valence-electron chi connectivity index (χ2n) is 4.68. The molecule has 0 atom stereocenters. The zero-order valence-corrected chi connectivity index (χ0v) is 11.1. The second kappa shape index (κ2) is 5.66. The Balaban J connectivity index is 2.93. The molecule has 7 heteroatoms. The predicted octanol–water partition coefficient (Wildman–Crippen LogP) is 1.33. The summed E-state index contributed by atoms with van der Waals surface area (Å²) in [5, 5.41) is 13.4. The van der Waals surface area contributed by atoms with Crippen molar-refractivity contribution < 1.29 is 14.5 Å². The fourth-order valence-corrected chi connectivity index (χ4v) is 1.36. The number of nitrogens with zero attached hydrogens (tertiary/aromatic N) is 1. The lowest BCUT2D eigenvalue weighted by Gasteiger charge is -2.23. The summed E-state index contributed by atoms with van der Waals surface area (Å²) in [7, 11) is 1.52. The van der Waals surface area contributed by atoms with Crippen LogP contribution in [0.1, 0.15) is 24.2 Å². The molecule has 104 valence electrons. The molecule has 0 bridgehead atoms. The number of amides is 1. The molecule has 1 rings (SSSR count). The molecule has 0 aliphatic rings. The maximum Gasteiger partial charge on any atom is 0.282 e. The van der Waals surface area contributed by atoms with Gasteiger partial charge in [0.1, 0.15) is 5.56 Å². The first-order valence-electron chi connectivity index (χ1n) is 5.64. The van der Waals surface area contributed by atoms with Crippen LogP contribution in [0.3, 0.4) is 0 Å². The predicted molar refractivity (Wildman–Crippen MR) is 70.9 cm³/mol. The summed E-state index contributed by atoms with van der Waals surface area (Å²) in [6, 6.07) is 3.88. The number of carbonyl (C=O) groups is 1. The maximum absolute atomic E-state index is 12.0. The Morgan fingerprint density at radius 2 is 2.16 bits per heavy atom. The third-order valence-corrected chi connectivity index (χ3v) is 2.69. The molecule has 0 aliphatic carbocycles. The molecule has 0 aliphatic heterocycles. The number of nitrogen functional groups attached to an aromatic ring is 1. The van der Waals surface area contributed by atoms with E-state index >= 15 is 0 Å². The van der Waals surface area contributed by atoms with Gasteiger partial charge in [-0.25, -0.2) is 0 Å². The van der Waals surface area contributed by atoms with E-state index in [-0.39, 0.29) is 17.8 Å². The summed E-state index contributed by atoms with van der Waals surface area (Å²) < 4.78 is 5.15. The number of methoxy groups -OCH3 is 1. The summed E-state index contributed by atoms with van der Waals surface area (Å²) in [6.45, 7) is 3.82. The summed E-state index contributed by atoms with van der Waals surface area (Å²) in [5.41, 5.74) is 4.95. The van der Waals surface area contributed by atoms with Crippen molar-refractivity contribution in [2.45, 2.75) is 19.4 Å². The van der Waals surface area contributed by atoms with Gasteiger partial charge in [-0.2, -0.15) is 0 Å². The van der Waals surface area contributed by atoms with Gasteiger partial charge < -0.3 is 15.8 Å². The molecule has 1 amide bonds. The number of hydrogen-bond donors (Lipinski definition) is 2. The van der Waals surface area contributed by atoms with Crippen LogP contribution in [0.15, 0.2) is 18.2 Å². The van der Waals surface area contributed by atoms with Crippen molar-refractivity contribution in [2.75, 3.05) is 19.4 Å². The van der Waals surface area contributed by atoms with Crippen LogP contribution in [0.5, 0.6) is 0 Å². The minimum absolute atomic E-state index is 0.0584. The standard InChI is InChI=1S/C12H17N3O4/c1-12(2,19-3)7-14-11(16)9-6-8(13)4-5-10(9)15(17)18/h4-6H,7,13H2,1-3H3,(H,14,16). The molecule has 0 fully saturated rings. The van der Waals surface area contributed by atoms with Crippen molar-refractivity contribution in [1.82, 2.24) is 5.32 Å². The van der Waals surface area contributed by atoms with E-state index in [0.717, 1.165) is 0 Å². The fraction of sp³-hybridized carbons (Fsp3) is 0.417. The van der Waals surface area contributed by atoms with Gasteiger partial charge in [-0.05, 0) is 26.0 Å². The summed E-state index contributed by atoms with van der Waals surface area (Å²) in [5.74, 6) is -0.552. The van der Waals surface area contributed by atoms with E-state index in [9.17, 15) is 14.9 Å². The van der Waals surface area contributed by atoms with E-state index in [1.807, 2.05) is 0 Å². The number of nitro benzene ring substituents is 1. The topological polar surface area (TPSA) is 107 Å². The van der Waals surface area contributed by atoms with Gasteiger partial charge >= 0.3 is 0 Å². The van der Waals surface area contributed by atoms with Crippen molar-refractivity contribution >= 4 is 17.3 Å². The Labute approximate surface area is 110 Å². The lowest BCUT2D eigenvalue weighted by molar-refractivity contribution is -0.385. The van der Waals surface area contributed by atoms with Gasteiger partial charge in [-0.1, -0.05) is 0 Å². The number of nitro groups is 1. The Kier molecular flexibility index (Phi) is 4.44. The average Bonchev–Trinajstić information content (AvgIpc) is 2.35. The first-order valence-corrected chi connectivity index (χ1v) is 5.64. The van der Waals surface area contributed by atoms with Gasteiger partial charge in [0, 0.05) is 25.4 Å². The summed E-state index contributed by atoms with van der Waals surface area (Å²) >= 11 is 0. The van der Waals surface area contributed by atoms with E-state index in [2.05, 4.69) is 5.32 Å². The SMILES string of the molecule is COC(C)(C)CNC(=O)c1cc(N)ccc1[N+](=O)[O-]. The van der Waals surface area contributed by atoms with Crippen LogP contribution < -0.4 is 11.1 Å². The van der Waals surface area contributed by atoms with E-state index in [1.165, 1.54) is 25.3 Å². The van der Waals surface area contributed by atoms with E-state index in [1.54, 1.807) is 13.8 Å². The van der Waals surface area contributed by atoms with Crippen molar-refractivity contribution in [2.24, 2.45) is 0 Å². The van der Waals surface area contributed by atoms with Crippen LogP contribution in [0.25, 0.3) is 0 Å². The zero-order valence-electron chi connectivity index (χ0n) is 11.1. The highest BCUT2D eigenvalue weighted by Gasteiger charge is 2.23. The molecular formula is C12H17N3O4. The maximum atomic E-state index is 12.0. The molecule has 0 saturated heterocycles. The van der Waals surface area contributed by atoms with Gasteiger partial charge in [0.2, 0.25) is 0 Å². The number of nitrogens with two attached hydrogens (primary N) is 1. The number of carbonyl (C=O) groups excluding carboxylic acids is 1. The van der Waals surface area contributed by atoms with Crippen LogP contribution in [0.2, 0.25) is 0 Å². The number of anilines is 1. The quantitative estimate of drug-likeness (QED) is 0.475. The first kappa shape index (κ1) is 14.9. The highest BCUT2D eigenvalue weighted by molar-refractivity contribution is 5.99. The van der Waals surface area contributed by atoms with Crippen LogP contribution in [0.4, 0.5) is 11.4 Å². The highest BCUT2D eigenvalue weighted by atomic mass is 16.6. The minimum atomic E-state index is -0.615. The Morgan fingerprint density at radius 1 is 1.53 bits per heavy atom. The summed E-state index contributed by atoms with van der Waals surface area (Å²) in [4.78, 5) is 22.2. The molecule has 0 aromatic heterocycles. The molecule has 19 heavy (non-hydrogen) atoms. The third-order valence-electron chi connectivity index (χ3n) is 2.69. The van der Waals surface area contributed by atoms with Crippen LogP contribution >= 0.6 is 0 Å². The number of ether oxygens (including phenoxy) is 1. The Hall–Kier alpha value is -2.15. The number of nitrogens with one attached hydrogen (secondary N) is 1. The molecule has 0 saturated carbocycles. The van der Waals surface area contributed by atoms with Gasteiger partial charge in [0.05, 0.1) is 10.5 Å². The monoisotopic (exact) mass is 267 g/mol. The van der Waals surface area contributed by atoms with Crippen LogP contribution in [-0.2, 0) is 4.74 Å². The molecule has 1 aromatic rings. The van der Waals surface area contributed by atoms with Gasteiger partial charge in [0.15, 0.2) is 0 Å². The molecule has 1 aromatic carbocycles. The minimum Gasteiger partial charge on any atom is -0.399 e. The van der Waals surface area contributed by atoms with Gasteiger partial charge in [0.25, 0.3) is 11.6 Å². The molecule has 3 N–H and O–H groups in total. The normalized spacial score (nSPS) is 11.1. The molecule has 0 unspecified atom stereocenters. The number of benzene rings is 1. The van der Waals surface area contributed by atoms with E-state index in [4.69, 9.17) is 10.5 Å². The lowest BCUT2D eigenvalue weighted by Crippen LogP contribution is -2.39. The Bertz CT molecular complexity index is 500. The number of hydrogen-bond acceptors (Lipinski definition) is 5. The first-order chi connectivity index (χ1) is 8.76. The zero-order chi connectivity index (χ0) is 14.6. The second-order valence-corrected chi connectivity index (χ2v) is 4.68. The van der Waals surface area contributed by atoms with E-state index in [0.29, 0.717) is 5.69 Å². The summed E-state index contributed by atoms with van der Waals surface area (Å²) in [6.07, 6.45) is 0. The van der Waals surface area contributed by atoms with Crippen LogP contribution in [0, 0.1) is 10.1 Å². The molecule has 0 heterocycles. The van der Waals surface area contributed by atoms with Gasteiger partial charge in [-0.15, -0.1) is 0 Å². The molecule has 0 spiro atoms. The van der Waals surface area contributed by atoms with E-state index < -0.39 is 16.4 Å². The van der Waals surface area contributed by atoms with Crippen molar-refractivity contribution in [1.29, 1.82) is 0 Å². The highest BCUT2D eigenvalue weighted by Crippen LogP contribution is 2.21. The fourth-order valence-electron chi connectivity index (χ4n) is 1.36. The largest absolute Gasteiger partial charge is 0.399 e. The van der Waals surface area contributed by atoms with Crippen molar-refractivity contribution in [3.8, 4) is 0 Å². The molecule has 0 radical (unpaired) electrons. The van der Waals surface area contributed by atoms with Gasteiger partial charge in [-0.3, -0.25) is 14.9 Å². The molecular weight excluding hydrogens is 250 g/mol. The van der Waals surface area contributed by atoms with Crippen molar-refractivity contribution in [3.05, 3.63) is 33.9 Å². The number of rotatable bonds is 5. The van der Waals surface area contributed by atoms with Crippen LogP contribution in [-0.4, -0.2) is 30.1 Å². The molecule has 7 nitrogen and oxygen atoms in total. The Morgan fingerprint density at radius 3 is 2.68 bits per heavy atom. The smallest absolute Gasteiger partial charge is 0.282 e. The van der Waals surface area contributed by atoms with Crippen molar-refractivity contribution in [3.63, 3.8) is 0 Å². The average molecular weight is 267 g/mol.